The maximum atomic E-state index is 14.0. The smallest absolute Gasteiger partial charge is 0.336 e. The molecule has 0 saturated heterocycles. The molecule has 0 aliphatic carbocycles. The summed E-state index contributed by atoms with van der Waals surface area (Å²) in [6.07, 6.45) is 0.0155. The van der Waals surface area contributed by atoms with Crippen LogP contribution in [0, 0.1) is 5.82 Å². The van der Waals surface area contributed by atoms with E-state index in [0.717, 1.165) is 5.56 Å². The maximum Gasteiger partial charge on any atom is 0.336 e. The number of ether oxygens (including phenoxy) is 2. The predicted octanol–water partition coefficient (Wildman–Crippen LogP) is 6.82. The average molecular weight is 569 g/mol. The summed E-state index contributed by atoms with van der Waals surface area (Å²) in [4.78, 5) is 40.7. The lowest BCUT2D eigenvalue weighted by Gasteiger charge is -2.34. The molecule has 0 saturated carbocycles. The summed E-state index contributed by atoms with van der Waals surface area (Å²) in [6.45, 7) is 3.57. The van der Waals surface area contributed by atoms with Crippen LogP contribution in [0.4, 0.5) is 10.1 Å². The van der Waals surface area contributed by atoms with Crippen molar-refractivity contribution in [2.24, 2.45) is 0 Å². The third kappa shape index (κ3) is 6.25. The van der Waals surface area contributed by atoms with E-state index in [0.29, 0.717) is 28.5 Å². The van der Waals surface area contributed by atoms with Gasteiger partial charge in [-0.25, -0.2) is 9.18 Å². The lowest BCUT2D eigenvalue weighted by molar-refractivity contribution is -0.140. The summed E-state index contributed by atoms with van der Waals surface area (Å²) in [5.74, 6) is -0.983. The summed E-state index contributed by atoms with van der Waals surface area (Å²) in [5, 5.41) is 2.47. The molecule has 4 aromatic rings. The highest BCUT2D eigenvalue weighted by Crippen LogP contribution is 2.39. The number of benzene rings is 3. The lowest BCUT2D eigenvalue weighted by atomic mass is 9.83. The summed E-state index contributed by atoms with van der Waals surface area (Å²) >= 11 is 0. The summed E-state index contributed by atoms with van der Waals surface area (Å²) in [5.41, 5.74) is 1.55. The van der Waals surface area contributed by atoms with Gasteiger partial charge in [-0.05, 0) is 67.9 Å². The molecule has 2 amide bonds. The molecular formula is C33H29FN2O6. The third-order valence-corrected chi connectivity index (χ3v) is 6.88. The quantitative estimate of drug-likeness (QED) is 0.223. The second-order valence-electron chi connectivity index (χ2n) is 9.64. The van der Waals surface area contributed by atoms with E-state index in [4.69, 9.17) is 13.9 Å². The van der Waals surface area contributed by atoms with Gasteiger partial charge in [0.15, 0.2) is 5.76 Å². The van der Waals surface area contributed by atoms with Gasteiger partial charge in [0.05, 0.1) is 24.4 Å². The van der Waals surface area contributed by atoms with Crippen molar-refractivity contribution in [3.8, 4) is 11.5 Å². The third-order valence-electron chi connectivity index (χ3n) is 6.88. The fraction of sp³-hybridized carbons (Fsp3) is 0.182. The molecule has 214 valence electrons. The molecule has 1 aliphatic heterocycles. The van der Waals surface area contributed by atoms with Crippen LogP contribution < -0.4 is 10.1 Å². The van der Waals surface area contributed by atoms with Crippen molar-refractivity contribution in [1.82, 2.24) is 4.90 Å². The molecule has 1 unspecified atom stereocenters. The van der Waals surface area contributed by atoms with Crippen molar-refractivity contribution in [2.45, 2.75) is 32.7 Å². The van der Waals surface area contributed by atoms with Gasteiger partial charge >= 0.3 is 5.97 Å². The number of carbonyl (C=O) groups is 3. The van der Waals surface area contributed by atoms with Crippen LogP contribution in [-0.2, 0) is 20.9 Å². The van der Waals surface area contributed by atoms with Crippen LogP contribution in [0.3, 0.4) is 0 Å². The molecular weight excluding hydrogens is 539 g/mol. The number of carbonyl (C=O) groups excluding carboxylic acids is 3. The van der Waals surface area contributed by atoms with Gasteiger partial charge < -0.3 is 24.1 Å². The Labute approximate surface area is 242 Å². The van der Waals surface area contributed by atoms with E-state index in [1.165, 1.54) is 29.2 Å². The fourth-order valence-corrected chi connectivity index (χ4v) is 4.87. The molecule has 0 bridgehead atoms. The van der Waals surface area contributed by atoms with Crippen molar-refractivity contribution < 1.29 is 32.7 Å². The maximum absolute atomic E-state index is 14.0. The van der Waals surface area contributed by atoms with Crippen LogP contribution in [0.2, 0.25) is 0 Å². The number of para-hydroxylation sites is 2. The number of furan rings is 1. The molecule has 42 heavy (non-hydrogen) atoms. The molecule has 5 rings (SSSR count). The van der Waals surface area contributed by atoms with Crippen molar-refractivity contribution in [3.05, 3.63) is 125 Å². The molecule has 0 spiro atoms. The van der Waals surface area contributed by atoms with Gasteiger partial charge in [-0.2, -0.15) is 0 Å². The Kier molecular flexibility index (Phi) is 8.47. The molecule has 9 heteroatoms. The molecule has 1 aliphatic rings. The zero-order chi connectivity index (χ0) is 29.6. The molecule has 8 nitrogen and oxygen atoms in total. The molecule has 1 aromatic heterocycles. The fourth-order valence-electron chi connectivity index (χ4n) is 4.87. The first-order chi connectivity index (χ1) is 20.3. The topological polar surface area (TPSA) is 98.1 Å². The van der Waals surface area contributed by atoms with E-state index < -0.39 is 23.6 Å². The van der Waals surface area contributed by atoms with Gasteiger partial charge in [-0.1, -0.05) is 42.5 Å². The molecule has 1 N–H and O–H groups in total. The number of nitrogens with zero attached hydrogens (tertiary/aromatic N) is 1. The van der Waals surface area contributed by atoms with E-state index in [-0.39, 0.29) is 36.9 Å². The molecule has 1 atom stereocenters. The number of hydrogen-bond acceptors (Lipinski definition) is 6. The first kappa shape index (κ1) is 28.4. The Balaban J connectivity index is 1.39. The number of anilines is 1. The van der Waals surface area contributed by atoms with Crippen molar-refractivity contribution >= 4 is 23.5 Å². The van der Waals surface area contributed by atoms with Crippen molar-refractivity contribution in [2.75, 3.05) is 11.9 Å². The first-order valence-corrected chi connectivity index (χ1v) is 13.5. The number of halogens is 1. The number of rotatable bonds is 9. The monoisotopic (exact) mass is 568 g/mol. The number of amides is 2. The Hall–Kier alpha value is -5.18. The van der Waals surface area contributed by atoms with Crippen LogP contribution >= 0.6 is 0 Å². The molecule has 0 radical (unpaired) electrons. The van der Waals surface area contributed by atoms with Crippen LogP contribution in [0.25, 0.3) is 0 Å². The van der Waals surface area contributed by atoms with Gasteiger partial charge in [0.2, 0.25) is 5.91 Å². The Bertz CT molecular complexity index is 1650. The van der Waals surface area contributed by atoms with E-state index in [2.05, 4.69) is 5.32 Å². The highest BCUT2D eigenvalue weighted by atomic mass is 19.1. The Morgan fingerprint density at radius 3 is 2.48 bits per heavy atom. The average Bonchev–Trinajstić information content (AvgIpc) is 3.46. The van der Waals surface area contributed by atoms with Crippen LogP contribution in [-0.4, -0.2) is 29.3 Å². The molecule has 2 heterocycles. The first-order valence-electron chi connectivity index (χ1n) is 13.5. The van der Waals surface area contributed by atoms with Gasteiger partial charge in [-0.3, -0.25) is 9.59 Å². The Morgan fingerprint density at radius 2 is 1.71 bits per heavy atom. The summed E-state index contributed by atoms with van der Waals surface area (Å²) in [7, 11) is 0. The van der Waals surface area contributed by atoms with Crippen LogP contribution in [0.5, 0.6) is 11.5 Å². The van der Waals surface area contributed by atoms with Gasteiger partial charge in [0.1, 0.15) is 23.1 Å². The number of esters is 1. The minimum absolute atomic E-state index is 0.00950. The highest BCUT2D eigenvalue weighted by Gasteiger charge is 2.37. The number of allylic oxidation sites excluding steroid dienone is 1. The van der Waals surface area contributed by atoms with Crippen molar-refractivity contribution in [3.63, 3.8) is 0 Å². The van der Waals surface area contributed by atoms with Crippen LogP contribution in [0.15, 0.2) is 107 Å². The predicted molar refractivity (Wildman–Crippen MR) is 153 cm³/mol. The molecule has 0 fully saturated rings. The number of nitrogens with one attached hydrogen (secondary N) is 1. The second kappa shape index (κ2) is 12.6. The zero-order valence-electron chi connectivity index (χ0n) is 23.1. The van der Waals surface area contributed by atoms with Gasteiger partial charge in [0, 0.05) is 18.0 Å². The number of hydrogen-bond donors (Lipinski definition) is 1. The lowest BCUT2D eigenvalue weighted by Crippen LogP contribution is -2.38. The van der Waals surface area contributed by atoms with E-state index >= 15 is 0 Å². The standard InChI is InChI=1S/C33H29FN2O6/c1-3-40-33(39)31-21(2)36(20-25-16-17-29(42-25)32(38)35-28-15-8-7-14-27(28)34)30(37)19-26(31)22-10-9-13-24(18-22)41-23-11-5-4-6-12-23/h4-18,26H,3,19-20H2,1-2H3,(H,35,38). The minimum atomic E-state index is -0.631. The minimum Gasteiger partial charge on any atom is -0.463 e. The van der Waals surface area contributed by atoms with Crippen LogP contribution in [0.1, 0.15) is 48.1 Å². The Morgan fingerprint density at radius 1 is 0.976 bits per heavy atom. The largest absolute Gasteiger partial charge is 0.463 e. The normalized spacial score (nSPS) is 15.0. The SMILES string of the molecule is CCOC(=O)C1=C(C)N(Cc2ccc(C(=O)Nc3ccccc3F)o2)C(=O)CC1c1cccc(Oc2ccccc2)c1. The highest BCUT2D eigenvalue weighted by molar-refractivity contribution is 6.02. The second-order valence-corrected chi connectivity index (χ2v) is 9.64. The summed E-state index contributed by atoms with van der Waals surface area (Å²) in [6, 6.07) is 25.4. The van der Waals surface area contributed by atoms with E-state index in [1.54, 1.807) is 26.0 Å². The zero-order valence-corrected chi connectivity index (χ0v) is 23.1. The van der Waals surface area contributed by atoms with E-state index in [9.17, 15) is 18.8 Å². The van der Waals surface area contributed by atoms with E-state index in [1.807, 2.05) is 54.6 Å². The van der Waals surface area contributed by atoms with Gasteiger partial charge in [0.25, 0.3) is 5.91 Å². The van der Waals surface area contributed by atoms with Gasteiger partial charge in [-0.15, -0.1) is 0 Å². The summed E-state index contributed by atoms with van der Waals surface area (Å²) < 4.78 is 31.0. The molecule has 3 aromatic carbocycles. The van der Waals surface area contributed by atoms with Crippen molar-refractivity contribution in [1.29, 1.82) is 0 Å².